The van der Waals surface area contributed by atoms with E-state index in [4.69, 9.17) is 28.3 Å². The van der Waals surface area contributed by atoms with E-state index < -0.39 is 11.9 Å². The molecule has 2 N–H and O–H groups in total. The highest BCUT2D eigenvalue weighted by Gasteiger charge is 2.16. The van der Waals surface area contributed by atoms with Gasteiger partial charge >= 0.3 is 5.97 Å². The van der Waals surface area contributed by atoms with Crippen molar-refractivity contribution in [3.63, 3.8) is 0 Å². The van der Waals surface area contributed by atoms with Crippen LogP contribution in [0.3, 0.4) is 0 Å². The monoisotopic (exact) mass is 234 g/mol. The average Bonchev–Trinajstić information content (AvgIpc) is 2.12. The Morgan fingerprint density at radius 2 is 1.79 bits per heavy atom. The summed E-state index contributed by atoms with van der Waals surface area (Å²) in [4.78, 5) is 10.7. The largest absolute Gasteiger partial charge is 0.505 e. The van der Waals surface area contributed by atoms with Crippen LogP contribution in [0.15, 0.2) is 12.1 Å². The van der Waals surface area contributed by atoms with Crippen LogP contribution in [0.4, 0.5) is 0 Å². The Kier molecular flexibility index (Phi) is 3.24. The first-order chi connectivity index (χ1) is 6.43. The molecule has 0 aliphatic heterocycles. The number of benzene rings is 1. The van der Waals surface area contributed by atoms with Crippen molar-refractivity contribution in [2.24, 2.45) is 0 Å². The van der Waals surface area contributed by atoms with Gasteiger partial charge in [0.1, 0.15) is 0 Å². The smallest absolute Gasteiger partial charge is 0.310 e. The Morgan fingerprint density at radius 3 is 2.14 bits per heavy atom. The highest BCUT2D eigenvalue weighted by molar-refractivity contribution is 6.37. The lowest BCUT2D eigenvalue weighted by molar-refractivity contribution is -0.138. The van der Waals surface area contributed by atoms with Crippen molar-refractivity contribution in [3.05, 3.63) is 27.7 Å². The van der Waals surface area contributed by atoms with Crippen LogP contribution < -0.4 is 0 Å². The minimum atomic E-state index is -0.970. The van der Waals surface area contributed by atoms with Crippen LogP contribution in [0, 0.1) is 0 Å². The fourth-order valence-corrected chi connectivity index (χ4v) is 1.48. The Bertz CT molecular complexity index is 353. The molecule has 1 atom stereocenters. The Hall–Kier alpha value is -0.930. The second-order valence-electron chi connectivity index (χ2n) is 2.89. The number of phenols is 1. The summed E-state index contributed by atoms with van der Waals surface area (Å²) >= 11 is 11.3. The number of aliphatic carboxylic acids is 1. The van der Waals surface area contributed by atoms with Crippen LogP contribution >= 0.6 is 23.2 Å². The van der Waals surface area contributed by atoms with E-state index in [9.17, 15) is 9.90 Å². The lowest BCUT2D eigenvalue weighted by Gasteiger charge is -2.08. The van der Waals surface area contributed by atoms with Gasteiger partial charge in [-0.2, -0.15) is 0 Å². The summed E-state index contributed by atoms with van der Waals surface area (Å²) in [6.07, 6.45) is 0. The molecule has 0 amide bonds. The fourth-order valence-electron chi connectivity index (χ4n) is 0.978. The molecule has 0 aliphatic carbocycles. The van der Waals surface area contributed by atoms with E-state index in [0.29, 0.717) is 5.56 Å². The maximum absolute atomic E-state index is 10.7. The molecule has 0 aromatic heterocycles. The molecule has 1 rings (SSSR count). The van der Waals surface area contributed by atoms with Crippen LogP contribution in [0.5, 0.6) is 5.75 Å². The van der Waals surface area contributed by atoms with Crippen LogP contribution in [0.25, 0.3) is 0 Å². The lowest BCUT2D eigenvalue weighted by Crippen LogP contribution is -2.07. The van der Waals surface area contributed by atoms with Gasteiger partial charge < -0.3 is 10.2 Å². The van der Waals surface area contributed by atoms with Crippen molar-refractivity contribution in [3.8, 4) is 5.75 Å². The van der Waals surface area contributed by atoms with Crippen molar-refractivity contribution in [2.45, 2.75) is 12.8 Å². The number of carbonyl (C=O) groups is 1. The number of phenolic OH excluding ortho intramolecular Hbond substituents is 1. The summed E-state index contributed by atoms with van der Waals surface area (Å²) in [5.74, 6) is -1.90. The van der Waals surface area contributed by atoms with Gasteiger partial charge in [0, 0.05) is 0 Å². The van der Waals surface area contributed by atoms with Crippen LogP contribution in [0.1, 0.15) is 18.4 Å². The quantitative estimate of drug-likeness (QED) is 0.828. The molecule has 0 spiro atoms. The number of hydrogen-bond acceptors (Lipinski definition) is 2. The van der Waals surface area contributed by atoms with Gasteiger partial charge in [-0.3, -0.25) is 4.79 Å². The first-order valence-electron chi connectivity index (χ1n) is 3.84. The molecule has 0 heterocycles. The SMILES string of the molecule is CC(C(=O)O)c1cc(Cl)c(O)c(Cl)c1. The first kappa shape index (κ1) is 11.1. The molecule has 0 saturated carbocycles. The van der Waals surface area contributed by atoms with Gasteiger partial charge in [-0.25, -0.2) is 0 Å². The predicted molar refractivity (Wildman–Crippen MR) is 54.2 cm³/mol. The summed E-state index contributed by atoms with van der Waals surface area (Å²) < 4.78 is 0. The van der Waals surface area contributed by atoms with E-state index in [1.54, 1.807) is 0 Å². The molecule has 76 valence electrons. The zero-order valence-electron chi connectivity index (χ0n) is 7.29. The topological polar surface area (TPSA) is 57.5 Å². The van der Waals surface area contributed by atoms with Crippen LogP contribution in [-0.4, -0.2) is 16.2 Å². The molecule has 1 unspecified atom stereocenters. The fraction of sp³-hybridized carbons (Fsp3) is 0.222. The van der Waals surface area contributed by atoms with Gasteiger partial charge in [-0.05, 0) is 24.6 Å². The number of hydrogen-bond donors (Lipinski definition) is 2. The number of halogens is 2. The molecule has 0 bridgehead atoms. The lowest BCUT2D eigenvalue weighted by atomic mass is 10.0. The molecule has 0 radical (unpaired) electrons. The maximum atomic E-state index is 10.7. The van der Waals surface area contributed by atoms with Crippen molar-refractivity contribution >= 4 is 29.2 Å². The van der Waals surface area contributed by atoms with Gasteiger partial charge in [-0.1, -0.05) is 23.2 Å². The molecular formula is C9H8Cl2O3. The van der Waals surface area contributed by atoms with Gasteiger partial charge in [0.05, 0.1) is 16.0 Å². The van der Waals surface area contributed by atoms with Crippen molar-refractivity contribution in [1.82, 2.24) is 0 Å². The van der Waals surface area contributed by atoms with Crippen molar-refractivity contribution in [1.29, 1.82) is 0 Å². The summed E-state index contributed by atoms with van der Waals surface area (Å²) in [7, 11) is 0. The molecule has 0 saturated heterocycles. The van der Waals surface area contributed by atoms with Gasteiger partial charge in [0.2, 0.25) is 0 Å². The average molecular weight is 235 g/mol. The molecule has 14 heavy (non-hydrogen) atoms. The minimum Gasteiger partial charge on any atom is -0.505 e. The molecule has 1 aromatic rings. The normalized spacial score (nSPS) is 12.5. The standard InChI is InChI=1S/C9H8Cl2O3/c1-4(9(13)14)5-2-6(10)8(12)7(11)3-5/h2-4,12H,1H3,(H,13,14). The Morgan fingerprint density at radius 1 is 1.36 bits per heavy atom. The molecule has 5 heteroatoms. The predicted octanol–water partition coefficient (Wildman–Crippen LogP) is 2.89. The van der Waals surface area contributed by atoms with E-state index in [-0.39, 0.29) is 15.8 Å². The number of carboxylic acid groups (broad SMARTS) is 1. The minimum absolute atomic E-state index is 0.0561. The zero-order chi connectivity index (χ0) is 10.9. The highest BCUT2D eigenvalue weighted by Crippen LogP contribution is 2.34. The van der Waals surface area contributed by atoms with Crippen LogP contribution in [-0.2, 0) is 4.79 Å². The summed E-state index contributed by atoms with van der Waals surface area (Å²) in [6.45, 7) is 1.52. The molecule has 0 fully saturated rings. The van der Waals surface area contributed by atoms with Gasteiger partial charge in [0.25, 0.3) is 0 Å². The van der Waals surface area contributed by atoms with E-state index in [2.05, 4.69) is 0 Å². The van der Waals surface area contributed by atoms with Gasteiger partial charge in [-0.15, -0.1) is 0 Å². The summed E-state index contributed by atoms with van der Waals surface area (Å²) in [5, 5.41) is 18.1. The molecule has 0 aliphatic rings. The first-order valence-corrected chi connectivity index (χ1v) is 4.59. The maximum Gasteiger partial charge on any atom is 0.310 e. The van der Waals surface area contributed by atoms with E-state index in [1.807, 2.05) is 0 Å². The third-order valence-corrected chi connectivity index (χ3v) is 2.49. The van der Waals surface area contributed by atoms with E-state index >= 15 is 0 Å². The van der Waals surface area contributed by atoms with Crippen LogP contribution in [0.2, 0.25) is 10.0 Å². The van der Waals surface area contributed by atoms with Crippen molar-refractivity contribution < 1.29 is 15.0 Å². The number of aromatic hydroxyl groups is 1. The van der Waals surface area contributed by atoms with E-state index in [1.165, 1.54) is 19.1 Å². The van der Waals surface area contributed by atoms with E-state index in [0.717, 1.165) is 0 Å². The third-order valence-electron chi connectivity index (χ3n) is 1.91. The molecule has 1 aromatic carbocycles. The zero-order valence-corrected chi connectivity index (χ0v) is 8.80. The molecular weight excluding hydrogens is 227 g/mol. The number of carboxylic acids is 1. The van der Waals surface area contributed by atoms with Gasteiger partial charge in [0.15, 0.2) is 5.75 Å². The van der Waals surface area contributed by atoms with Crippen molar-refractivity contribution in [2.75, 3.05) is 0 Å². The summed E-state index contributed by atoms with van der Waals surface area (Å²) in [6, 6.07) is 2.78. The Labute approximate surface area is 90.9 Å². The molecule has 3 nitrogen and oxygen atoms in total. The second kappa shape index (κ2) is 4.07. The summed E-state index contributed by atoms with van der Waals surface area (Å²) in [5.41, 5.74) is 0.463. The highest BCUT2D eigenvalue weighted by atomic mass is 35.5. The Balaban J connectivity index is 3.19. The second-order valence-corrected chi connectivity index (χ2v) is 3.71. The third kappa shape index (κ3) is 2.11. The number of rotatable bonds is 2.